The lowest BCUT2D eigenvalue weighted by Crippen LogP contribution is -2.44. The number of carbonyl (C=O) groups is 3. The second-order valence-corrected chi connectivity index (χ2v) is 9.11. The number of amides is 2. The number of methoxy groups -OCH3 is 4. The first-order valence-corrected chi connectivity index (χ1v) is 12.6. The third-order valence-corrected chi connectivity index (χ3v) is 7.07. The third kappa shape index (κ3) is 5.86. The highest BCUT2D eigenvalue weighted by molar-refractivity contribution is 8.03. The maximum absolute atomic E-state index is 13.1. The summed E-state index contributed by atoms with van der Waals surface area (Å²) in [6.07, 6.45) is 0.745. The van der Waals surface area contributed by atoms with Crippen molar-refractivity contribution >= 4 is 35.2 Å². The number of nitrogens with one attached hydrogen (secondary N) is 2. The van der Waals surface area contributed by atoms with E-state index < -0.39 is 23.7 Å². The third-order valence-electron chi connectivity index (χ3n) is 6.05. The Kier molecular flexibility index (Phi) is 9.62. The van der Waals surface area contributed by atoms with Crippen LogP contribution in [0.1, 0.15) is 24.0 Å². The minimum absolute atomic E-state index is 0.0797. The van der Waals surface area contributed by atoms with E-state index in [0.717, 1.165) is 23.7 Å². The van der Waals surface area contributed by atoms with Crippen molar-refractivity contribution in [2.45, 2.75) is 19.3 Å². The number of aryl methyl sites for hydroxylation is 1. The summed E-state index contributed by atoms with van der Waals surface area (Å²) < 4.78 is 21.1. The molecule has 2 aromatic carbocycles. The maximum Gasteiger partial charge on any atom is 0.319 e. The molecule has 0 fully saturated rings. The molecular weight excluding hydrogens is 510 g/mol. The van der Waals surface area contributed by atoms with Gasteiger partial charge in [0.05, 0.1) is 50.9 Å². The van der Waals surface area contributed by atoms with Gasteiger partial charge < -0.3 is 29.6 Å². The lowest BCUT2D eigenvalue weighted by atomic mass is 9.78. The summed E-state index contributed by atoms with van der Waals surface area (Å²) in [5.74, 6) is -3.35. The Labute approximate surface area is 225 Å². The van der Waals surface area contributed by atoms with Gasteiger partial charge in [-0.3, -0.25) is 14.4 Å². The van der Waals surface area contributed by atoms with Crippen LogP contribution in [0.15, 0.2) is 47.0 Å². The van der Waals surface area contributed by atoms with E-state index in [4.69, 9.17) is 18.9 Å². The Morgan fingerprint density at radius 2 is 1.74 bits per heavy atom. The fourth-order valence-electron chi connectivity index (χ4n) is 4.24. The lowest BCUT2D eigenvalue weighted by Gasteiger charge is -2.31. The minimum atomic E-state index is -1.35. The highest BCUT2D eigenvalue weighted by Gasteiger charge is 2.45. The van der Waals surface area contributed by atoms with Crippen molar-refractivity contribution < 1.29 is 33.3 Å². The molecule has 200 valence electrons. The zero-order valence-corrected chi connectivity index (χ0v) is 22.6. The van der Waals surface area contributed by atoms with Crippen LogP contribution >= 0.6 is 11.8 Å². The highest BCUT2D eigenvalue weighted by Crippen LogP contribution is 2.46. The number of thioether (sulfide) groups is 1. The van der Waals surface area contributed by atoms with Crippen LogP contribution in [0.4, 0.5) is 5.69 Å². The molecule has 2 atom stereocenters. The lowest BCUT2D eigenvalue weighted by molar-refractivity contribution is -0.150. The molecule has 1 heterocycles. The molecule has 2 N–H and O–H groups in total. The summed E-state index contributed by atoms with van der Waals surface area (Å²) in [4.78, 5) is 38.6. The van der Waals surface area contributed by atoms with E-state index in [1.807, 2.05) is 31.2 Å². The SMILES string of the molecule is CCc1ccccc1NC(=O)CSC1=C(C#N)[C@@H](c2cc(OC)c(OC)c(OC)c2)[C@@H](C(=O)OC)C(=O)N1. The molecule has 0 saturated carbocycles. The van der Waals surface area contributed by atoms with Crippen LogP contribution in [0.2, 0.25) is 0 Å². The number of ether oxygens (including phenoxy) is 4. The number of esters is 1. The van der Waals surface area contributed by atoms with E-state index >= 15 is 0 Å². The van der Waals surface area contributed by atoms with Gasteiger partial charge in [-0.2, -0.15) is 5.26 Å². The Morgan fingerprint density at radius 3 is 2.29 bits per heavy atom. The van der Waals surface area contributed by atoms with Crippen LogP contribution in [0, 0.1) is 17.2 Å². The van der Waals surface area contributed by atoms with Gasteiger partial charge in [-0.25, -0.2) is 0 Å². The Bertz CT molecular complexity index is 1280. The summed E-state index contributed by atoms with van der Waals surface area (Å²) in [5.41, 5.74) is 2.18. The molecule has 11 heteroatoms. The number of hydrogen-bond donors (Lipinski definition) is 2. The number of hydrogen-bond acceptors (Lipinski definition) is 9. The molecule has 0 aliphatic carbocycles. The summed E-state index contributed by atoms with van der Waals surface area (Å²) in [6, 6.07) is 12.7. The van der Waals surface area contributed by atoms with Crippen molar-refractivity contribution in [2.24, 2.45) is 5.92 Å². The van der Waals surface area contributed by atoms with Gasteiger partial charge in [-0.05, 0) is 35.7 Å². The molecule has 2 amide bonds. The van der Waals surface area contributed by atoms with Crippen molar-refractivity contribution in [2.75, 3.05) is 39.5 Å². The van der Waals surface area contributed by atoms with Crippen LogP contribution in [-0.4, -0.2) is 52.0 Å². The van der Waals surface area contributed by atoms with E-state index in [0.29, 0.717) is 17.0 Å². The normalized spacial score (nSPS) is 16.7. The van der Waals surface area contributed by atoms with Gasteiger partial charge in [0.15, 0.2) is 11.5 Å². The molecule has 1 aliphatic rings. The van der Waals surface area contributed by atoms with Gasteiger partial charge in [0, 0.05) is 11.6 Å². The van der Waals surface area contributed by atoms with Crippen molar-refractivity contribution in [3.8, 4) is 23.3 Å². The largest absolute Gasteiger partial charge is 0.493 e. The van der Waals surface area contributed by atoms with E-state index in [1.54, 1.807) is 12.1 Å². The van der Waals surface area contributed by atoms with Gasteiger partial charge in [0.1, 0.15) is 5.92 Å². The van der Waals surface area contributed by atoms with E-state index in [1.165, 1.54) is 28.4 Å². The highest BCUT2D eigenvalue weighted by atomic mass is 32.2. The summed E-state index contributed by atoms with van der Waals surface area (Å²) in [7, 11) is 5.49. The van der Waals surface area contributed by atoms with E-state index in [-0.39, 0.29) is 33.8 Å². The molecule has 38 heavy (non-hydrogen) atoms. The number of anilines is 1. The molecule has 0 aromatic heterocycles. The Balaban J connectivity index is 2.02. The first kappa shape index (κ1) is 28.4. The van der Waals surface area contributed by atoms with Gasteiger partial charge in [0.2, 0.25) is 17.6 Å². The van der Waals surface area contributed by atoms with Gasteiger partial charge in [0.25, 0.3) is 0 Å². The number of carbonyl (C=O) groups excluding carboxylic acids is 3. The van der Waals surface area contributed by atoms with E-state index in [2.05, 4.69) is 16.7 Å². The van der Waals surface area contributed by atoms with Crippen LogP contribution in [0.5, 0.6) is 17.2 Å². The average molecular weight is 540 g/mol. The van der Waals surface area contributed by atoms with Crippen LogP contribution < -0.4 is 24.8 Å². The summed E-state index contributed by atoms with van der Waals surface area (Å²) >= 11 is 0.996. The number of rotatable bonds is 10. The predicted octanol–water partition coefficient (Wildman–Crippen LogP) is 3.38. The number of nitrogens with zero attached hydrogens (tertiary/aromatic N) is 1. The minimum Gasteiger partial charge on any atom is -0.493 e. The predicted molar refractivity (Wildman–Crippen MR) is 142 cm³/mol. The molecule has 0 spiro atoms. The summed E-state index contributed by atoms with van der Waals surface area (Å²) in [5, 5.41) is 15.8. The van der Waals surface area contributed by atoms with Crippen LogP contribution in [-0.2, 0) is 25.5 Å². The monoisotopic (exact) mass is 539 g/mol. The molecule has 0 radical (unpaired) electrons. The fraction of sp³-hybridized carbons (Fsp3) is 0.333. The second-order valence-electron chi connectivity index (χ2n) is 8.13. The number of para-hydroxylation sites is 1. The molecule has 10 nitrogen and oxygen atoms in total. The number of allylic oxidation sites excluding steroid dienone is 1. The molecule has 1 aliphatic heterocycles. The maximum atomic E-state index is 13.1. The molecule has 2 aromatic rings. The Morgan fingerprint density at radius 1 is 1.08 bits per heavy atom. The molecule has 3 rings (SSSR count). The molecule has 0 bridgehead atoms. The van der Waals surface area contributed by atoms with E-state index in [9.17, 15) is 19.6 Å². The van der Waals surface area contributed by atoms with Crippen molar-refractivity contribution in [3.05, 3.63) is 58.1 Å². The zero-order chi connectivity index (χ0) is 27.8. The first-order valence-electron chi connectivity index (χ1n) is 11.7. The first-order chi connectivity index (χ1) is 18.3. The number of benzene rings is 2. The van der Waals surface area contributed by atoms with Crippen LogP contribution in [0.3, 0.4) is 0 Å². The topological polar surface area (TPSA) is 136 Å². The molecule has 0 unspecified atom stereocenters. The average Bonchev–Trinajstić information content (AvgIpc) is 2.94. The van der Waals surface area contributed by atoms with Gasteiger partial charge in [-0.1, -0.05) is 36.9 Å². The van der Waals surface area contributed by atoms with Gasteiger partial charge >= 0.3 is 5.97 Å². The molecular formula is C27H29N3O7S. The quantitative estimate of drug-likeness (QED) is 0.344. The fourth-order valence-corrected chi connectivity index (χ4v) is 5.08. The van der Waals surface area contributed by atoms with Gasteiger partial charge in [-0.15, -0.1) is 0 Å². The van der Waals surface area contributed by atoms with Crippen molar-refractivity contribution in [1.82, 2.24) is 5.32 Å². The van der Waals surface area contributed by atoms with Crippen molar-refractivity contribution in [3.63, 3.8) is 0 Å². The Hall–Kier alpha value is -4.17. The number of nitriles is 1. The standard InChI is InChI=1S/C27H29N3O7S/c1-6-15-9-7-8-10-18(15)29-21(31)14-38-26-17(13-28)22(23(25(32)30-26)27(33)37-5)16-11-19(34-2)24(36-4)20(12-16)35-3/h7-12,22-23H,6,14H2,1-5H3,(H,29,31)(H,30,32)/t22-,23-/m1/s1. The second kappa shape index (κ2) is 12.9. The summed E-state index contributed by atoms with van der Waals surface area (Å²) in [6.45, 7) is 1.99. The smallest absolute Gasteiger partial charge is 0.319 e. The van der Waals surface area contributed by atoms with Crippen LogP contribution in [0.25, 0.3) is 0 Å². The zero-order valence-electron chi connectivity index (χ0n) is 21.7. The van der Waals surface area contributed by atoms with Crippen molar-refractivity contribution in [1.29, 1.82) is 5.26 Å². The molecule has 0 saturated heterocycles.